The smallest absolute Gasteiger partial charge is 0.465 e. The molecule has 4 atom stereocenters. The summed E-state index contributed by atoms with van der Waals surface area (Å²) in [5, 5.41) is 0. The van der Waals surface area contributed by atoms with Gasteiger partial charge in [0.2, 0.25) is 0 Å². The van der Waals surface area contributed by atoms with Gasteiger partial charge < -0.3 is 38.1 Å². The Kier molecular flexibility index (Phi) is 43.9. The molecule has 4 unspecified atom stereocenters. The van der Waals surface area contributed by atoms with Crippen molar-refractivity contribution in [2.24, 2.45) is 11.8 Å². The van der Waals surface area contributed by atoms with Gasteiger partial charge in [0.15, 0.2) is 6.29 Å². The molecular formula is C58H112N2O10. The normalized spacial score (nSPS) is 15.5. The number of epoxide rings is 1. The van der Waals surface area contributed by atoms with Crippen LogP contribution >= 0.6 is 0 Å². The second-order valence-corrected chi connectivity index (χ2v) is 21.0. The van der Waals surface area contributed by atoms with Gasteiger partial charge in [-0.3, -0.25) is 9.69 Å². The van der Waals surface area contributed by atoms with Crippen molar-refractivity contribution in [3.05, 3.63) is 0 Å². The molecule has 70 heavy (non-hydrogen) atoms. The van der Waals surface area contributed by atoms with Gasteiger partial charge in [-0.2, -0.15) is 0 Å². The van der Waals surface area contributed by atoms with E-state index in [-0.39, 0.29) is 43.8 Å². The first-order valence-electron chi connectivity index (χ1n) is 29.5. The number of hydrogen-bond donors (Lipinski definition) is 0. The van der Waals surface area contributed by atoms with Crippen LogP contribution in [0.15, 0.2) is 0 Å². The summed E-state index contributed by atoms with van der Waals surface area (Å²) in [6, 6.07) is 0. The summed E-state index contributed by atoms with van der Waals surface area (Å²) in [7, 11) is 4.10. The SMILES string of the molecule is CCCCCCC(CCCC(=O)OCC(CCCCC)CCCCC)OC(=O)OCCN(CCCN(C)C)CCOC(=O)OC(CCCCCC)CCCC1OC1OCC(CCCCC)CCCCC. The first-order valence-corrected chi connectivity index (χ1v) is 29.5. The minimum Gasteiger partial charge on any atom is -0.465 e. The molecule has 1 aliphatic rings. The Morgan fingerprint density at radius 1 is 0.457 bits per heavy atom. The van der Waals surface area contributed by atoms with E-state index in [9.17, 15) is 14.4 Å². The van der Waals surface area contributed by atoms with Gasteiger partial charge >= 0.3 is 18.3 Å². The third-order valence-corrected chi connectivity index (χ3v) is 13.9. The molecule has 414 valence electrons. The Labute approximate surface area is 430 Å². The summed E-state index contributed by atoms with van der Waals surface area (Å²) in [5.74, 6) is 0.887. The van der Waals surface area contributed by atoms with Gasteiger partial charge in [-0.05, 0) is 129 Å². The highest BCUT2D eigenvalue weighted by molar-refractivity contribution is 5.69. The van der Waals surface area contributed by atoms with Crippen molar-refractivity contribution in [1.29, 1.82) is 0 Å². The largest absolute Gasteiger partial charge is 0.508 e. The van der Waals surface area contributed by atoms with Crippen LogP contribution in [0.1, 0.15) is 253 Å². The van der Waals surface area contributed by atoms with Crippen LogP contribution in [0.3, 0.4) is 0 Å². The predicted molar refractivity (Wildman–Crippen MR) is 286 cm³/mol. The molecular weight excluding hydrogens is 885 g/mol. The van der Waals surface area contributed by atoms with Crippen molar-refractivity contribution >= 4 is 18.3 Å². The molecule has 1 aliphatic heterocycles. The lowest BCUT2D eigenvalue weighted by Crippen LogP contribution is -2.34. The zero-order valence-electron chi connectivity index (χ0n) is 46.9. The van der Waals surface area contributed by atoms with Gasteiger partial charge in [-0.1, -0.05) is 157 Å². The minimum atomic E-state index is -0.677. The van der Waals surface area contributed by atoms with E-state index in [0.717, 1.165) is 116 Å². The Bertz CT molecular complexity index is 1190. The summed E-state index contributed by atoms with van der Waals surface area (Å²) in [6.07, 6.45) is 33.1. The highest BCUT2D eigenvalue weighted by Crippen LogP contribution is 2.31. The molecule has 0 aromatic heterocycles. The molecule has 0 radical (unpaired) electrons. The van der Waals surface area contributed by atoms with Gasteiger partial charge in [0, 0.05) is 19.5 Å². The standard InChI is InChI=1S/C58H112N2O10/c1-9-15-21-27-36-52(38-29-40-54-56(70-54)67-49-51(34-25-19-13-5)35-26-20-14-6)68-57(62)64-46-44-60(43-31-42-59(7)8)45-47-65-58(63)69-53(37-28-22-16-10-2)39-30-41-55(61)66-48-50(32-23-17-11-3)33-24-18-12-4/h50-54,56H,9-49H2,1-8H3. The van der Waals surface area contributed by atoms with E-state index in [2.05, 4.69) is 51.3 Å². The number of esters is 1. The summed E-state index contributed by atoms with van der Waals surface area (Å²) in [4.78, 5) is 43.2. The van der Waals surface area contributed by atoms with Crippen molar-refractivity contribution in [2.45, 2.75) is 278 Å². The maximum Gasteiger partial charge on any atom is 0.508 e. The van der Waals surface area contributed by atoms with Crippen LogP contribution in [0.2, 0.25) is 0 Å². The summed E-state index contributed by atoms with van der Waals surface area (Å²) in [6.45, 7) is 17.6. The number of rotatable bonds is 51. The molecule has 1 rings (SSSR count). The lowest BCUT2D eigenvalue weighted by molar-refractivity contribution is -0.145. The second kappa shape index (κ2) is 46.6. The fraction of sp³-hybridized carbons (Fsp3) is 0.948. The van der Waals surface area contributed by atoms with E-state index < -0.39 is 12.3 Å². The molecule has 0 spiro atoms. The molecule has 1 heterocycles. The summed E-state index contributed by atoms with van der Waals surface area (Å²) < 4.78 is 41.1. The number of carbonyl (C=O) groups excluding carboxylic acids is 3. The van der Waals surface area contributed by atoms with Crippen molar-refractivity contribution < 1.29 is 47.5 Å². The average Bonchev–Trinajstić information content (AvgIpc) is 4.09. The maximum atomic E-state index is 13.1. The molecule has 12 heteroatoms. The van der Waals surface area contributed by atoms with Crippen LogP contribution in [0.4, 0.5) is 9.59 Å². The van der Waals surface area contributed by atoms with Crippen molar-refractivity contribution in [2.75, 3.05) is 66.7 Å². The third-order valence-electron chi connectivity index (χ3n) is 13.9. The van der Waals surface area contributed by atoms with Gasteiger partial charge in [0.05, 0.1) is 13.2 Å². The molecule has 0 aromatic carbocycles. The molecule has 0 amide bonds. The first-order chi connectivity index (χ1) is 34.1. The van der Waals surface area contributed by atoms with Crippen molar-refractivity contribution in [1.82, 2.24) is 9.80 Å². The lowest BCUT2D eigenvalue weighted by Gasteiger charge is -2.23. The number of nitrogens with zero attached hydrogens (tertiary/aromatic N) is 2. The highest BCUT2D eigenvalue weighted by atomic mass is 16.8. The summed E-state index contributed by atoms with van der Waals surface area (Å²) in [5.41, 5.74) is 0. The van der Waals surface area contributed by atoms with Crippen LogP contribution in [-0.4, -0.2) is 119 Å². The van der Waals surface area contributed by atoms with Crippen molar-refractivity contribution in [3.63, 3.8) is 0 Å². The molecule has 0 aliphatic carbocycles. The number of ether oxygens (including phenoxy) is 7. The number of hydrogen-bond acceptors (Lipinski definition) is 12. The monoisotopic (exact) mass is 997 g/mol. The fourth-order valence-electron chi connectivity index (χ4n) is 9.29. The minimum absolute atomic E-state index is 0.0978. The van der Waals surface area contributed by atoms with Gasteiger partial charge in [-0.25, -0.2) is 9.59 Å². The Morgan fingerprint density at radius 3 is 1.36 bits per heavy atom. The zero-order valence-corrected chi connectivity index (χ0v) is 46.9. The number of carbonyl (C=O) groups is 3. The molecule has 0 saturated carbocycles. The molecule has 1 saturated heterocycles. The van der Waals surface area contributed by atoms with E-state index >= 15 is 0 Å². The van der Waals surface area contributed by atoms with Crippen LogP contribution in [-0.2, 0) is 38.0 Å². The van der Waals surface area contributed by atoms with Gasteiger partial charge in [0.1, 0.15) is 31.5 Å². The van der Waals surface area contributed by atoms with E-state index in [1.165, 1.54) is 96.3 Å². The van der Waals surface area contributed by atoms with Crippen molar-refractivity contribution in [3.8, 4) is 0 Å². The van der Waals surface area contributed by atoms with E-state index in [4.69, 9.17) is 33.2 Å². The Hall–Kier alpha value is -2.15. The molecule has 0 aromatic rings. The molecule has 0 bridgehead atoms. The van der Waals surface area contributed by atoms with Gasteiger partial charge in [0.25, 0.3) is 0 Å². The van der Waals surface area contributed by atoms with Crippen LogP contribution in [0.5, 0.6) is 0 Å². The first kappa shape index (κ1) is 65.9. The molecule has 0 N–H and O–H groups in total. The average molecular weight is 998 g/mol. The zero-order chi connectivity index (χ0) is 51.3. The lowest BCUT2D eigenvalue weighted by atomic mass is 9.96. The van der Waals surface area contributed by atoms with Crippen LogP contribution in [0, 0.1) is 11.8 Å². The Morgan fingerprint density at radius 2 is 0.886 bits per heavy atom. The maximum absolute atomic E-state index is 13.1. The Balaban J connectivity index is 2.64. The van der Waals surface area contributed by atoms with E-state index in [0.29, 0.717) is 50.8 Å². The fourth-order valence-corrected chi connectivity index (χ4v) is 9.29. The quantitative estimate of drug-likeness (QED) is 0.0249. The third kappa shape index (κ3) is 39.4. The van der Waals surface area contributed by atoms with E-state index in [1.807, 2.05) is 14.1 Å². The van der Waals surface area contributed by atoms with Crippen LogP contribution in [0.25, 0.3) is 0 Å². The second-order valence-electron chi connectivity index (χ2n) is 21.0. The highest BCUT2D eigenvalue weighted by Gasteiger charge is 2.40. The topological polar surface area (TPSA) is 126 Å². The summed E-state index contributed by atoms with van der Waals surface area (Å²) >= 11 is 0. The number of unbranched alkanes of at least 4 members (excludes halogenated alkanes) is 14. The van der Waals surface area contributed by atoms with Gasteiger partial charge in [-0.15, -0.1) is 0 Å². The predicted octanol–water partition coefficient (Wildman–Crippen LogP) is 15.4. The molecule has 12 nitrogen and oxygen atoms in total. The van der Waals surface area contributed by atoms with E-state index in [1.54, 1.807) is 0 Å². The van der Waals surface area contributed by atoms with Crippen LogP contribution < -0.4 is 0 Å². The molecule has 1 fully saturated rings.